The molecule has 1 aromatic heterocycles. The van der Waals surface area contributed by atoms with Crippen molar-refractivity contribution >= 4 is 11.6 Å². The highest BCUT2D eigenvalue weighted by Gasteiger charge is 2.28. The van der Waals surface area contributed by atoms with Crippen molar-refractivity contribution in [2.24, 2.45) is 5.92 Å². The number of likely N-dealkylation sites (tertiary alicyclic amines) is 1. The maximum Gasteiger partial charge on any atom is 0.234 e. The van der Waals surface area contributed by atoms with Gasteiger partial charge in [-0.1, -0.05) is 35.5 Å². The zero-order valence-corrected chi connectivity index (χ0v) is 19.2. The normalized spacial score (nSPS) is 21.0. The number of rotatable bonds is 7. The predicted molar refractivity (Wildman–Crippen MR) is 128 cm³/mol. The van der Waals surface area contributed by atoms with E-state index < -0.39 is 0 Å². The standard InChI is InChI=1S/C26H30FN5O2/c27-22-8-4-6-20(14-22)25-29-26(34-30-25)21-7-5-12-31(17-21)18-24(33)28-15-19-11-13-32(16-19)23-9-2-1-3-10-23/h1-4,6,8-10,14,19,21H,5,7,11-13,15-18H2,(H,28,33). The molecule has 2 aliphatic heterocycles. The lowest BCUT2D eigenvalue weighted by Gasteiger charge is -2.30. The first-order valence-corrected chi connectivity index (χ1v) is 12.0. The van der Waals surface area contributed by atoms with Gasteiger partial charge in [0, 0.05) is 37.4 Å². The van der Waals surface area contributed by atoms with Crippen LogP contribution >= 0.6 is 0 Å². The third kappa shape index (κ3) is 5.44. The first-order chi connectivity index (χ1) is 16.6. The number of carbonyl (C=O) groups excluding carboxylic acids is 1. The predicted octanol–water partition coefficient (Wildman–Crippen LogP) is 3.70. The largest absolute Gasteiger partial charge is 0.371 e. The molecule has 5 rings (SSSR count). The summed E-state index contributed by atoms with van der Waals surface area (Å²) in [4.78, 5) is 21.7. The van der Waals surface area contributed by atoms with Gasteiger partial charge in [0.15, 0.2) is 0 Å². The van der Waals surface area contributed by atoms with Crippen LogP contribution in [0.4, 0.5) is 10.1 Å². The number of aromatic nitrogens is 2. The molecular formula is C26H30FN5O2. The summed E-state index contributed by atoms with van der Waals surface area (Å²) in [5, 5.41) is 7.17. The maximum atomic E-state index is 13.5. The van der Waals surface area contributed by atoms with Gasteiger partial charge in [-0.15, -0.1) is 0 Å². The molecule has 8 heteroatoms. The highest BCUT2D eigenvalue weighted by Crippen LogP contribution is 2.28. The average molecular weight is 464 g/mol. The average Bonchev–Trinajstić information content (AvgIpc) is 3.54. The van der Waals surface area contributed by atoms with Crippen molar-refractivity contribution in [3.63, 3.8) is 0 Å². The van der Waals surface area contributed by atoms with Crippen LogP contribution < -0.4 is 10.2 Å². The fraction of sp³-hybridized carbons (Fsp3) is 0.423. The highest BCUT2D eigenvalue weighted by atomic mass is 19.1. The molecule has 0 aliphatic carbocycles. The van der Waals surface area contributed by atoms with E-state index in [4.69, 9.17) is 4.52 Å². The number of carbonyl (C=O) groups is 1. The zero-order chi connectivity index (χ0) is 23.3. The number of benzene rings is 2. The smallest absolute Gasteiger partial charge is 0.234 e. The van der Waals surface area contributed by atoms with Gasteiger partial charge >= 0.3 is 0 Å². The van der Waals surface area contributed by atoms with Crippen LogP contribution in [0.3, 0.4) is 0 Å². The Morgan fingerprint density at radius 3 is 2.82 bits per heavy atom. The fourth-order valence-corrected chi connectivity index (χ4v) is 4.94. The molecule has 3 aromatic rings. The number of hydrogen-bond donors (Lipinski definition) is 1. The van der Waals surface area contributed by atoms with Gasteiger partial charge in [0.1, 0.15) is 5.82 Å². The summed E-state index contributed by atoms with van der Waals surface area (Å²) < 4.78 is 19.0. The van der Waals surface area contributed by atoms with Gasteiger partial charge in [-0.05, 0) is 56.0 Å². The number of nitrogens with one attached hydrogen (secondary N) is 1. The first kappa shape index (κ1) is 22.5. The molecule has 2 aliphatic rings. The summed E-state index contributed by atoms with van der Waals surface area (Å²) in [6.45, 7) is 4.65. The number of anilines is 1. The molecule has 0 radical (unpaired) electrons. The van der Waals surface area contributed by atoms with E-state index in [2.05, 4.69) is 49.5 Å². The van der Waals surface area contributed by atoms with Gasteiger partial charge in [0.2, 0.25) is 17.6 Å². The monoisotopic (exact) mass is 463 g/mol. The van der Waals surface area contributed by atoms with Crippen LogP contribution in [0.2, 0.25) is 0 Å². The fourth-order valence-electron chi connectivity index (χ4n) is 4.94. The van der Waals surface area contributed by atoms with Crippen molar-refractivity contribution in [3.05, 3.63) is 66.3 Å². The van der Waals surface area contributed by atoms with Gasteiger partial charge in [-0.3, -0.25) is 9.69 Å². The van der Waals surface area contributed by atoms with Gasteiger partial charge in [0.25, 0.3) is 0 Å². The second-order valence-corrected chi connectivity index (χ2v) is 9.28. The summed E-state index contributed by atoms with van der Waals surface area (Å²) in [7, 11) is 0. The van der Waals surface area contributed by atoms with Gasteiger partial charge in [0.05, 0.1) is 12.5 Å². The zero-order valence-electron chi connectivity index (χ0n) is 19.2. The van der Waals surface area contributed by atoms with Crippen molar-refractivity contribution in [3.8, 4) is 11.4 Å². The number of amides is 1. The van der Waals surface area contributed by atoms with Crippen LogP contribution in [0.1, 0.15) is 31.1 Å². The van der Waals surface area contributed by atoms with Crippen LogP contribution in [-0.4, -0.2) is 60.2 Å². The lowest BCUT2D eigenvalue weighted by molar-refractivity contribution is -0.122. The van der Waals surface area contributed by atoms with E-state index in [1.54, 1.807) is 12.1 Å². The number of nitrogens with zero attached hydrogens (tertiary/aromatic N) is 4. The summed E-state index contributed by atoms with van der Waals surface area (Å²) in [6.07, 6.45) is 2.98. The molecule has 2 fully saturated rings. The molecule has 7 nitrogen and oxygen atoms in total. The Balaban J connectivity index is 1.09. The third-order valence-corrected chi connectivity index (χ3v) is 6.74. The Morgan fingerprint density at radius 1 is 1.09 bits per heavy atom. The minimum absolute atomic E-state index is 0.0600. The summed E-state index contributed by atoms with van der Waals surface area (Å²) >= 11 is 0. The van der Waals surface area contributed by atoms with Crippen molar-refractivity contribution in [2.45, 2.75) is 25.2 Å². The minimum atomic E-state index is -0.330. The van der Waals surface area contributed by atoms with Crippen LogP contribution in [0.5, 0.6) is 0 Å². The lowest BCUT2D eigenvalue weighted by Crippen LogP contribution is -2.43. The molecule has 0 saturated carbocycles. The third-order valence-electron chi connectivity index (χ3n) is 6.74. The summed E-state index contributed by atoms with van der Waals surface area (Å²) in [6, 6.07) is 16.6. The van der Waals surface area contributed by atoms with Crippen molar-refractivity contribution in [2.75, 3.05) is 44.2 Å². The molecule has 1 N–H and O–H groups in total. The second kappa shape index (κ2) is 10.3. The van der Waals surface area contributed by atoms with Crippen LogP contribution in [-0.2, 0) is 4.79 Å². The van der Waals surface area contributed by atoms with Gasteiger partial charge in [-0.25, -0.2) is 4.39 Å². The molecule has 0 bridgehead atoms. The highest BCUT2D eigenvalue weighted by molar-refractivity contribution is 5.78. The van der Waals surface area contributed by atoms with E-state index in [-0.39, 0.29) is 17.6 Å². The molecule has 178 valence electrons. The number of halogens is 1. The quantitative estimate of drug-likeness (QED) is 0.576. The molecule has 34 heavy (non-hydrogen) atoms. The number of para-hydroxylation sites is 1. The Labute approximate surface area is 198 Å². The second-order valence-electron chi connectivity index (χ2n) is 9.28. The topological polar surface area (TPSA) is 74.5 Å². The van der Waals surface area contributed by atoms with E-state index in [1.165, 1.54) is 17.8 Å². The Hall–Kier alpha value is -3.26. The number of piperidine rings is 1. The van der Waals surface area contributed by atoms with Gasteiger partial charge in [-0.2, -0.15) is 4.98 Å². The first-order valence-electron chi connectivity index (χ1n) is 12.0. The van der Waals surface area contributed by atoms with Crippen molar-refractivity contribution in [1.29, 1.82) is 0 Å². The van der Waals surface area contributed by atoms with E-state index in [0.717, 1.165) is 38.9 Å². The SMILES string of the molecule is O=C(CN1CCCC(c2nc(-c3cccc(F)c3)no2)C1)NCC1CCN(c2ccccc2)C1. The van der Waals surface area contributed by atoms with Crippen LogP contribution in [0.25, 0.3) is 11.4 Å². The van der Waals surface area contributed by atoms with Crippen LogP contribution in [0, 0.1) is 11.7 Å². The van der Waals surface area contributed by atoms with Crippen molar-refractivity contribution < 1.29 is 13.7 Å². The van der Waals surface area contributed by atoms with E-state index >= 15 is 0 Å². The number of hydrogen-bond acceptors (Lipinski definition) is 6. The molecule has 2 aromatic carbocycles. The van der Waals surface area contributed by atoms with E-state index in [1.807, 2.05) is 6.07 Å². The lowest BCUT2D eigenvalue weighted by atomic mass is 9.98. The Morgan fingerprint density at radius 2 is 1.97 bits per heavy atom. The molecule has 2 unspecified atom stereocenters. The maximum absolute atomic E-state index is 13.5. The Kier molecular flexibility index (Phi) is 6.85. The molecule has 1 amide bonds. The molecule has 0 spiro atoms. The molecular weight excluding hydrogens is 433 g/mol. The van der Waals surface area contributed by atoms with E-state index in [9.17, 15) is 9.18 Å². The van der Waals surface area contributed by atoms with Crippen LogP contribution in [0.15, 0.2) is 59.1 Å². The van der Waals surface area contributed by atoms with Gasteiger partial charge < -0.3 is 14.7 Å². The summed E-state index contributed by atoms with van der Waals surface area (Å²) in [5.74, 6) is 1.22. The summed E-state index contributed by atoms with van der Waals surface area (Å²) in [5.41, 5.74) is 1.84. The minimum Gasteiger partial charge on any atom is -0.371 e. The molecule has 3 heterocycles. The molecule has 2 atom stereocenters. The Bertz CT molecular complexity index is 1110. The molecule has 2 saturated heterocycles. The van der Waals surface area contributed by atoms with Crippen molar-refractivity contribution in [1.82, 2.24) is 20.4 Å². The van der Waals surface area contributed by atoms with E-state index in [0.29, 0.717) is 42.8 Å².